The molecule has 0 aromatic rings. The fourth-order valence-electron chi connectivity index (χ4n) is 3.62. The van der Waals surface area contributed by atoms with E-state index in [1.165, 1.54) is 12.8 Å². The largest absolute Gasteiger partial charge is 0.382 e. The van der Waals surface area contributed by atoms with Crippen LogP contribution in [-0.4, -0.2) is 75.9 Å². The molecule has 2 fully saturated rings. The summed E-state index contributed by atoms with van der Waals surface area (Å²) in [7, 11) is 1.67. The van der Waals surface area contributed by atoms with Gasteiger partial charge in [-0.1, -0.05) is 12.8 Å². The molecule has 2 N–H and O–H groups in total. The summed E-state index contributed by atoms with van der Waals surface area (Å²) in [5.74, 6) is 1.47. The lowest BCUT2D eigenvalue weighted by molar-refractivity contribution is -0.134. The number of carbonyl (C=O) groups excluding carboxylic acids is 1. The van der Waals surface area contributed by atoms with Gasteiger partial charge >= 0.3 is 0 Å². The van der Waals surface area contributed by atoms with Gasteiger partial charge in [0.15, 0.2) is 5.96 Å². The van der Waals surface area contributed by atoms with Gasteiger partial charge in [-0.2, -0.15) is 0 Å². The molecule has 7 nitrogen and oxygen atoms in total. The highest BCUT2D eigenvalue weighted by Crippen LogP contribution is 2.27. The van der Waals surface area contributed by atoms with Gasteiger partial charge in [-0.25, -0.2) is 0 Å². The van der Waals surface area contributed by atoms with Crippen LogP contribution in [-0.2, 0) is 14.3 Å². The molecule has 0 radical (unpaired) electrons. The Kier molecular flexibility index (Phi) is 9.77. The molecule has 2 aliphatic rings. The van der Waals surface area contributed by atoms with Crippen molar-refractivity contribution in [3.8, 4) is 0 Å². The highest BCUT2D eigenvalue weighted by atomic mass is 16.5. The molecule has 0 bridgehead atoms. The van der Waals surface area contributed by atoms with Crippen LogP contribution in [0, 0.1) is 5.92 Å². The first-order valence-electron chi connectivity index (χ1n) is 10.1. The Morgan fingerprint density at radius 2 is 2.00 bits per heavy atom. The van der Waals surface area contributed by atoms with Gasteiger partial charge in [0.2, 0.25) is 5.91 Å². The van der Waals surface area contributed by atoms with Crippen LogP contribution in [0.4, 0.5) is 0 Å². The molecular weight excluding hydrogens is 332 g/mol. The van der Waals surface area contributed by atoms with Crippen molar-refractivity contribution >= 4 is 11.9 Å². The Morgan fingerprint density at radius 1 is 1.19 bits per heavy atom. The average Bonchev–Trinajstić information content (AvgIpc) is 3.32. The Balaban J connectivity index is 1.69. The first kappa shape index (κ1) is 21.0. The van der Waals surface area contributed by atoms with E-state index in [0.717, 1.165) is 57.8 Å². The summed E-state index contributed by atoms with van der Waals surface area (Å²) >= 11 is 0. The lowest BCUT2D eigenvalue weighted by Gasteiger charge is -2.21. The number of hydrogen-bond donors (Lipinski definition) is 2. The molecule has 1 unspecified atom stereocenters. The Morgan fingerprint density at radius 3 is 2.73 bits per heavy atom. The minimum atomic E-state index is 0.272. The van der Waals surface area contributed by atoms with E-state index < -0.39 is 0 Å². The second-order valence-electron chi connectivity index (χ2n) is 7.11. The predicted molar refractivity (Wildman–Crippen MR) is 103 cm³/mol. The number of methoxy groups -OCH3 is 1. The molecule has 1 amide bonds. The number of ether oxygens (including phenoxy) is 2. The number of hydrogen-bond acceptors (Lipinski definition) is 4. The van der Waals surface area contributed by atoms with E-state index in [1.807, 2.05) is 4.90 Å². The van der Waals surface area contributed by atoms with Crippen molar-refractivity contribution in [2.75, 3.05) is 53.1 Å². The number of nitrogens with zero attached hydrogens (tertiary/aromatic N) is 2. The zero-order valence-electron chi connectivity index (χ0n) is 16.5. The predicted octanol–water partition coefficient (Wildman–Crippen LogP) is 1.39. The van der Waals surface area contributed by atoms with Gasteiger partial charge in [0, 0.05) is 51.9 Å². The lowest BCUT2D eigenvalue weighted by Crippen LogP contribution is -2.45. The van der Waals surface area contributed by atoms with Crippen molar-refractivity contribution in [3.63, 3.8) is 0 Å². The number of rotatable bonds is 10. The fourth-order valence-corrected chi connectivity index (χ4v) is 3.62. The molecule has 2 rings (SSSR count). The van der Waals surface area contributed by atoms with Crippen molar-refractivity contribution in [2.45, 2.75) is 51.5 Å². The lowest BCUT2D eigenvalue weighted by atomic mass is 10.1. The van der Waals surface area contributed by atoms with Gasteiger partial charge in [0.1, 0.15) is 0 Å². The molecule has 1 aliphatic heterocycles. The zero-order chi connectivity index (χ0) is 18.6. The van der Waals surface area contributed by atoms with Crippen molar-refractivity contribution in [1.82, 2.24) is 15.5 Å². The van der Waals surface area contributed by atoms with Crippen LogP contribution in [0.2, 0.25) is 0 Å². The van der Waals surface area contributed by atoms with E-state index in [1.54, 1.807) is 7.11 Å². The van der Waals surface area contributed by atoms with E-state index in [-0.39, 0.29) is 12.0 Å². The molecule has 1 saturated carbocycles. The molecule has 0 aromatic carbocycles. The first-order valence-corrected chi connectivity index (χ1v) is 10.1. The quantitative estimate of drug-likeness (QED) is 0.346. The maximum atomic E-state index is 12.6. The summed E-state index contributed by atoms with van der Waals surface area (Å²) < 4.78 is 10.4. The summed E-state index contributed by atoms with van der Waals surface area (Å²) in [5.41, 5.74) is 0. The number of guanidine groups is 1. The fraction of sp³-hybridized carbons (Fsp3) is 0.895. The standard InChI is InChI=1S/C19H36N4O3/c1-3-20-19(21-10-6-12-26-14-13-25-2)22-17-9-11-23(15-17)18(24)16-7-4-5-8-16/h16-17H,3-15H2,1-2H3,(H2,20,21,22). The molecule has 1 heterocycles. The van der Waals surface area contributed by atoms with Gasteiger partial charge < -0.3 is 25.0 Å². The second kappa shape index (κ2) is 12.1. The highest BCUT2D eigenvalue weighted by molar-refractivity contribution is 5.81. The monoisotopic (exact) mass is 368 g/mol. The molecule has 1 atom stereocenters. The number of aliphatic imine (C=N–C) groups is 1. The van der Waals surface area contributed by atoms with Gasteiger partial charge in [0.25, 0.3) is 0 Å². The maximum Gasteiger partial charge on any atom is 0.225 e. The van der Waals surface area contributed by atoms with E-state index in [2.05, 4.69) is 22.5 Å². The minimum absolute atomic E-state index is 0.272. The molecule has 1 aliphatic carbocycles. The van der Waals surface area contributed by atoms with Crippen LogP contribution in [0.15, 0.2) is 4.99 Å². The third-order valence-electron chi connectivity index (χ3n) is 5.04. The Hall–Kier alpha value is -1.34. The van der Waals surface area contributed by atoms with Crippen molar-refractivity contribution in [3.05, 3.63) is 0 Å². The normalized spacial score (nSPS) is 21.4. The SMILES string of the molecule is CCNC(=NCCCOCCOC)NC1CCN(C(=O)C2CCCC2)C1. The molecule has 0 spiro atoms. The van der Waals surface area contributed by atoms with Crippen LogP contribution in [0.5, 0.6) is 0 Å². The van der Waals surface area contributed by atoms with Gasteiger partial charge in [-0.05, 0) is 32.6 Å². The molecule has 1 saturated heterocycles. The van der Waals surface area contributed by atoms with Gasteiger partial charge in [0.05, 0.1) is 13.2 Å². The summed E-state index contributed by atoms with van der Waals surface area (Å²) in [6, 6.07) is 0.288. The van der Waals surface area contributed by atoms with Crippen LogP contribution in [0.1, 0.15) is 45.4 Å². The van der Waals surface area contributed by atoms with Crippen molar-refractivity contribution in [1.29, 1.82) is 0 Å². The van der Waals surface area contributed by atoms with Crippen LogP contribution in [0.3, 0.4) is 0 Å². The average molecular weight is 369 g/mol. The number of nitrogens with one attached hydrogen (secondary N) is 2. The van der Waals surface area contributed by atoms with Crippen molar-refractivity contribution < 1.29 is 14.3 Å². The minimum Gasteiger partial charge on any atom is -0.382 e. The molecule has 0 aromatic heterocycles. The Bertz CT molecular complexity index is 439. The van der Waals surface area contributed by atoms with Gasteiger partial charge in [-0.15, -0.1) is 0 Å². The molecule has 7 heteroatoms. The van der Waals surface area contributed by atoms with Crippen molar-refractivity contribution in [2.24, 2.45) is 10.9 Å². The smallest absolute Gasteiger partial charge is 0.225 e. The maximum absolute atomic E-state index is 12.6. The summed E-state index contributed by atoms with van der Waals surface area (Å²) in [4.78, 5) is 19.2. The Labute approximate surface area is 157 Å². The second-order valence-corrected chi connectivity index (χ2v) is 7.11. The van der Waals surface area contributed by atoms with Crippen LogP contribution in [0.25, 0.3) is 0 Å². The third-order valence-corrected chi connectivity index (χ3v) is 5.04. The van der Waals surface area contributed by atoms with E-state index in [0.29, 0.717) is 25.7 Å². The van der Waals surface area contributed by atoms with Crippen LogP contribution < -0.4 is 10.6 Å². The van der Waals surface area contributed by atoms with E-state index >= 15 is 0 Å². The highest BCUT2D eigenvalue weighted by Gasteiger charge is 2.32. The van der Waals surface area contributed by atoms with E-state index in [9.17, 15) is 4.79 Å². The summed E-state index contributed by atoms with van der Waals surface area (Å²) in [5, 5.41) is 6.78. The number of amides is 1. The molecular formula is C19H36N4O3. The first-order chi connectivity index (χ1) is 12.7. The summed E-state index contributed by atoms with van der Waals surface area (Å²) in [6.45, 7) is 7.22. The number of carbonyl (C=O) groups is 1. The third kappa shape index (κ3) is 7.11. The van der Waals surface area contributed by atoms with Crippen LogP contribution >= 0.6 is 0 Å². The summed E-state index contributed by atoms with van der Waals surface area (Å²) in [6.07, 6.45) is 6.44. The topological polar surface area (TPSA) is 75.2 Å². The number of likely N-dealkylation sites (tertiary alicyclic amines) is 1. The molecule has 26 heavy (non-hydrogen) atoms. The van der Waals surface area contributed by atoms with E-state index in [4.69, 9.17) is 9.47 Å². The zero-order valence-corrected chi connectivity index (χ0v) is 16.5. The molecule has 150 valence electrons. The van der Waals surface area contributed by atoms with Gasteiger partial charge in [-0.3, -0.25) is 9.79 Å².